The average molecular weight is 391 g/mol. The predicted octanol–water partition coefficient (Wildman–Crippen LogP) is 5.31. The molecular formula is C19H16F3N3OS. The van der Waals surface area contributed by atoms with Gasteiger partial charge in [-0.2, -0.15) is 8.78 Å². The number of para-hydroxylation sites is 1. The van der Waals surface area contributed by atoms with Gasteiger partial charge in [-0.1, -0.05) is 42.1 Å². The van der Waals surface area contributed by atoms with Crippen LogP contribution in [-0.4, -0.2) is 21.4 Å². The van der Waals surface area contributed by atoms with E-state index < -0.39 is 6.61 Å². The van der Waals surface area contributed by atoms with E-state index >= 15 is 0 Å². The van der Waals surface area contributed by atoms with E-state index in [0.29, 0.717) is 27.9 Å². The number of aromatic nitrogens is 3. The molecule has 2 aromatic carbocycles. The lowest BCUT2D eigenvalue weighted by Gasteiger charge is -2.11. The molecule has 0 amide bonds. The molecule has 0 unspecified atom stereocenters. The second-order valence-corrected chi connectivity index (χ2v) is 7.10. The Hall–Kier alpha value is -2.48. The quantitative estimate of drug-likeness (QED) is 0.512. The topological polar surface area (TPSA) is 39.9 Å². The number of ether oxygens (including phenoxy) is 1. The van der Waals surface area contributed by atoms with Crippen LogP contribution in [0, 0.1) is 5.82 Å². The summed E-state index contributed by atoms with van der Waals surface area (Å²) in [5, 5.41) is 9.05. The predicted molar refractivity (Wildman–Crippen MR) is 96.3 cm³/mol. The van der Waals surface area contributed by atoms with Crippen molar-refractivity contribution in [1.29, 1.82) is 0 Å². The third-order valence-corrected chi connectivity index (χ3v) is 5.23. The van der Waals surface area contributed by atoms with Gasteiger partial charge in [0, 0.05) is 17.4 Å². The minimum absolute atomic E-state index is 0.145. The number of nitrogens with zero attached hydrogens (tertiary/aromatic N) is 3. The second kappa shape index (κ2) is 7.64. The van der Waals surface area contributed by atoms with Gasteiger partial charge in [0.25, 0.3) is 0 Å². The van der Waals surface area contributed by atoms with Crippen LogP contribution in [0.4, 0.5) is 13.2 Å². The molecule has 27 heavy (non-hydrogen) atoms. The first-order valence-corrected chi connectivity index (χ1v) is 9.47. The Morgan fingerprint density at radius 3 is 2.56 bits per heavy atom. The smallest absolute Gasteiger partial charge is 0.387 e. The molecule has 1 aliphatic rings. The molecule has 140 valence electrons. The van der Waals surface area contributed by atoms with Crippen LogP contribution in [-0.2, 0) is 5.75 Å². The molecular weight excluding hydrogens is 375 g/mol. The monoisotopic (exact) mass is 391 g/mol. The van der Waals surface area contributed by atoms with Crippen molar-refractivity contribution in [2.45, 2.75) is 36.4 Å². The summed E-state index contributed by atoms with van der Waals surface area (Å²) in [4.78, 5) is 0. The minimum Gasteiger partial charge on any atom is -0.435 e. The van der Waals surface area contributed by atoms with Crippen molar-refractivity contribution in [3.8, 4) is 17.1 Å². The van der Waals surface area contributed by atoms with Gasteiger partial charge in [-0.3, -0.25) is 4.57 Å². The summed E-state index contributed by atoms with van der Waals surface area (Å²) in [5.41, 5.74) is 1.05. The van der Waals surface area contributed by atoms with Gasteiger partial charge in [0.15, 0.2) is 11.0 Å². The van der Waals surface area contributed by atoms with Gasteiger partial charge in [0.05, 0.1) is 5.56 Å². The number of benzene rings is 2. The summed E-state index contributed by atoms with van der Waals surface area (Å²) in [6.07, 6.45) is 1.97. The maximum atomic E-state index is 14.2. The first kappa shape index (κ1) is 17.9. The molecule has 0 N–H and O–H groups in total. The van der Waals surface area contributed by atoms with Crippen molar-refractivity contribution in [2.24, 2.45) is 0 Å². The standard InChI is InChI=1S/C19H16F3N3OS/c20-15-7-3-2-6-14(15)17-23-24-19(25(17)13-9-10-13)27-11-12-5-1-4-8-16(12)26-18(21)22/h1-8,13,18H,9-11H2. The van der Waals surface area contributed by atoms with Gasteiger partial charge < -0.3 is 4.74 Å². The fraction of sp³-hybridized carbons (Fsp3) is 0.263. The maximum absolute atomic E-state index is 14.2. The first-order chi connectivity index (χ1) is 13.1. The first-order valence-electron chi connectivity index (χ1n) is 8.49. The minimum atomic E-state index is -2.88. The summed E-state index contributed by atoms with van der Waals surface area (Å²) < 4.78 is 45.9. The van der Waals surface area contributed by atoms with Crippen molar-refractivity contribution in [3.05, 3.63) is 59.9 Å². The van der Waals surface area contributed by atoms with Crippen LogP contribution in [0.3, 0.4) is 0 Å². The van der Waals surface area contributed by atoms with E-state index in [-0.39, 0.29) is 17.6 Å². The van der Waals surface area contributed by atoms with Gasteiger partial charge in [-0.05, 0) is 31.0 Å². The SMILES string of the molecule is Fc1ccccc1-c1nnc(SCc2ccccc2OC(F)F)n1C1CC1. The molecule has 0 saturated heterocycles. The lowest BCUT2D eigenvalue weighted by Crippen LogP contribution is -2.04. The van der Waals surface area contributed by atoms with Crippen LogP contribution in [0.5, 0.6) is 5.75 Å². The lowest BCUT2D eigenvalue weighted by atomic mass is 10.2. The number of alkyl halides is 2. The molecule has 4 nitrogen and oxygen atoms in total. The fourth-order valence-electron chi connectivity index (χ4n) is 2.84. The molecule has 0 bridgehead atoms. The molecule has 1 heterocycles. The zero-order chi connectivity index (χ0) is 18.8. The Morgan fingerprint density at radius 1 is 1.07 bits per heavy atom. The van der Waals surface area contributed by atoms with Crippen LogP contribution < -0.4 is 4.74 Å². The van der Waals surface area contributed by atoms with Gasteiger partial charge >= 0.3 is 6.61 Å². The van der Waals surface area contributed by atoms with Crippen LogP contribution in [0.1, 0.15) is 24.4 Å². The molecule has 0 radical (unpaired) electrons. The molecule has 1 aliphatic carbocycles. The molecule has 4 rings (SSSR count). The zero-order valence-electron chi connectivity index (χ0n) is 14.2. The third kappa shape index (κ3) is 3.95. The van der Waals surface area contributed by atoms with Crippen molar-refractivity contribution in [1.82, 2.24) is 14.8 Å². The Kier molecular flexibility index (Phi) is 5.07. The highest BCUT2D eigenvalue weighted by Crippen LogP contribution is 2.42. The normalized spacial score (nSPS) is 13.9. The number of halogens is 3. The number of thioether (sulfide) groups is 1. The van der Waals surface area contributed by atoms with Crippen molar-refractivity contribution < 1.29 is 17.9 Å². The Balaban J connectivity index is 1.60. The third-order valence-electron chi connectivity index (χ3n) is 4.24. The van der Waals surface area contributed by atoms with Gasteiger partial charge in [0.2, 0.25) is 0 Å². The summed E-state index contributed by atoms with van der Waals surface area (Å²) in [6.45, 7) is -2.88. The Bertz CT molecular complexity index is 943. The maximum Gasteiger partial charge on any atom is 0.387 e. The second-order valence-electron chi connectivity index (χ2n) is 6.16. The summed E-state index contributed by atoms with van der Waals surface area (Å²) in [7, 11) is 0. The van der Waals surface area contributed by atoms with Crippen molar-refractivity contribution in [2.75, 3.05) is 0 Å². The Labute approximate surface area is 158 Å². The van der Waals surface area contributed by atoms with Crippen molar-refractivity contribution >= 4 is 11.8 Å². The molecule has 3 aromatic rings. The number of hydrogen-bond donors (Lipinski definition) is 0. The van der Waals surface area contributed by atoms with E-state index in [0.717, 1.165) is 12.8 Å². The Morgan fingerprint density at radius 2 is 1.81 bits per heavy atom. The molecule has 0 atom stereocenters. The summed E-state index contributed by atoms with van der Waals surface area (Å²) >= 11 is 1.37. The van der Waals surface area contributed by atoms with Crippen LogP contribution in [0.15, 0.2) is 53.7 Å². The van der Waals surface area contributed by atoms with E-state index in [1.807, 2.05) is 4.57 Å². The highest BCUT2D eigenvalue weighted by molar-refractivity contribution is 7.98. The zero-order valence-corrected chi connectivity index (χ0v) is 15.0. The lowest BCUT2D eigenvalue weighted by molar-refractivity contribution is -0.0503. The van der Waals surface area contributed by atoms with E-state index in [2.05, 4.69) is 14.9 Å². The molecule has 1 fully saturated rings. The number of rotatable bonds is 7. The summed E-state index contributed by atoms with van der Waals surface area (Å²) in [6, 6.07) is 13.4. The molecule has 1 saturated carbocycles. The molecule has 1 aromatic heterocycles. The molecule has 0 spiro atoms. The van der Waals surface area contributed by atoms with E-state index in [4.69, 9.17) is 0 Å². The largest absolute Gasteiger partial charge is 0.435 e. The average Bonchev–Trinajstić information content (AvgIpc) is 3.41. The van der Waals surface area contributed by atoms with Gasteiger partial charge in [-0.15, -0.1) is 10.2 Å². The number of hydrogen-bond acceptors (Lipinski definition) is 4. The fourth-order valence-corrected chi connectivity index (χ4v) is 3.84. The molecule has 0 aliphatic heterocycles. The molecule has 8 heteroatoms. The van der Waals surface area contributed by atoms with Crippen LogP contribution in [0.2, 0.25) is 0 Å². The highest BCUT2D eigenvalue weighted by atomic mass is 32.2. The summed E-state index contributed by atoms with van der Waals surface area (Å²) in [5.74, 6) is 0.687. The van der Waals surface area contributed by atoms with Crippen LogP contribution >= 0.6 is 11.8 Å². The van der Waals surface area contributed by atoms with Crippen molar-refractivity contribution in [3.63, 3.8) is 0 Å². The van der Waals surface area contributed by atoms with E-state index in [9.17, 15) is 13.2 Å². The van der Waals surface area contributed by atoms with Gasteiger partial charge in [0.1, 0.15) is 11.6 Å². The van der Waals surface area contributed by atoms with Crippen LogP contribution in [0.25, 0.3) is 11.4 Å². The van der Waals surface area contributed by atoms with Gasteiger partial charge in [-0.25, -0.2) is 4.39 Å². The van der Waals surface area contributed by atoms with E-state index in [1.54, 1.807) is 36.4 Å². The highest BCUT2D eigenvalue weighted by Gasteiger charge is 2.31. The van der Waals surface area contributed by atoms with E-state index in [1.165, 1.54) is 23.9 Å².